The molecule has 1 aromatic heterocycles. The summed E-state index contributed by atoms with van der Waals surface area (Å²) in [4.78, 5) is 13.8. The van der Waals surface area contributed by atoms with Crippen molar-refractivity contribution in [2.24, 2.45) is 0 Å². The molecule has 1 saturated carbocycles. The molecule has 1 aromatic rings. The van der Waals surface area contributed by atoms with Gasteiger partial charge in [0.25, 0.3) is 5.91 Å². The molecule has 0 bridgehead atoms. The molecule has 0 spiro atoms. The zero-order chi connectivity index (χ0) is 10.8. The average Bonchev–Trinajstić information content (AvgIpc) is 2.97. The van der Waals surface area contributed by atoms with Crippen molar-refractivity contribution in [3.8, 4) is 0 Å². The monoisotopic (exact) mass is 209 g/mol. The quantitative estimate of drug-likeness (QED) is 0.750. The number of H-pyrrole nitrogens is 1. The Morgan fingerprint density at radius 1 is 1.73 bits per heavy atom. The van der Waals surface area contributed by atoms with Crippen LogP contribution < -0.4 is 0 Å². The van der Waals surface area contributed by atoms with E-state index in [0.717, 1.165) is 18.5 Å². The number of aromatic nitrogens is 2. The first-order valence-corrected chi connectivity index (χ1v) is 5.16. The van der Waals surface area contributed by atoms with Gasteiger partial charge in [-0.15, -0.1) is 0 Å². The maximum absolute atomic E-state index is 12.1. The Hall–Kier alpha value is -1.36. The fourth-order valence-corrected chi connectivity index (χ4v) is 1.66. The van der Waals surface area contributed by atoms with Gasteiger partial charge in [0.15, 0.2) is 0 Å². The van der Waals surface area contributed by atoms with E-state index in [1.165, 1.54) is 0 Å². The summed E-state index contributed by atoms with van der Waals surface area (Å²) in [6, 6.07) is 0.318. The summed E-state index contributed by atoms with van der Waals surface area (Å²) in [5.74, 6) is -0.0298. The summed E-state index contributed by atoms with van der Waals surface area (Å²) in [6.45, 7) is 2.25. The number of aliphatic hydroxyl groups excluding tert-OH is 1. The fourth-order valence-electron chi connectivity index (χ4n) is 1.66. The molecular weight excluding hydrogens is 194 g/mol. The summed E-state index contributed by atoms with van der Waals surface area (Å²) in [5, 5.41) is 15.5. The highest BCUT2D eigenvalue weighted by Crippen LogP contribution is 2.28. The molecule has 1 heterocycles. The van der Waals surface area contributed by atoms with Crippen molar-refractivity contribution in [1.29, 1.82) is 0 Å². The largest absolute Gasteiger partial charge is 0.395 e. The Morgan fingerprint density at radius 2 is 2.47 bits per heavy atom. The Bertz CT molecular complexity index is 357. The predicted molar refractivity (Wildman–Crippen MR) is 54.5 cm³/mol. The standard InChI is InChI=1S/C10H15N3O2/c1-7-9(6-11-12-7)10(15)13(4-5-14)8-2-3-8/h6,8,14H,2-5H2,1H3,(H,11,12). The third kappa shape index (κ3) is 2.02. The maximum Gasteiger partial charge on any atom is 0.257 e. The van der Waals surface area contributed by atoms with E-state index in [1.807, 2.05) is 6.92 Å². The molecule has 1 amide bonds. The Balaban J connectivity index is 2.14. The molecule has 0 unspecified atom stereocenters. The van der Waals surface area contributed by atoms with Crippen LogP contribution in [0.25, 0.3) is 0 Å². The van der Waals surface area contributed by atoms with Crippen molar-refractivity contribution in [3.63, 3.8) is 0 Å². The van der Waals surface area contributed by atoms with Gasteiger partial charge in [-0.25, -0.2) is 0 Å². The molecule has 0 aromatic carbocycles. The first kappa shape index (κ1) is 10.2. The number of aliphatic hydroxyl groups is 1. The van der Waals surface area contributed by atoms with Crippen molar-refractivity contribution in [2.75, 3.05) is 13.2 Å². The van der Waals surface area contributed by atoms with E-state index in [0.29, 0.717) is 18.2 Å². The second-order valence-corrected chi connectivity index (χ2v) is 3.86. The van der Waals surface area contributed by atoms with Crippen LogP contribution in [0, 0.1) is 6.92 Å². The molecule has 1 aliphatic rings. The van der Waals surface area contributed by atoms with Crippen LogP contribution in [0.15, 0.2) is 6.20 Å². The zero-order valence-electron chi connectivity index (χ0n) is 8.73. The lowest BCUT2D eigenvalue weighted by Gasteiger charge is -2.20. The van der Waals surface area contributed by atoms with E-state index in [4.69, 9.17) is 5.11 Å². The summed E-state index contributed by atoms with van der Waals surface area (Å²) < 4.78 is 0. The number of aryl methyl sites for hydroxylation is 1. The van der Waals surface area contributed by atoms with Crippen LogP contribution >= 0.6 is 0 Å². The number of carbonyl (C=O) groups is 1. The smallest absolute Gasteiger partial charge is 0.257 e. The van der Waals surface area contributed by atoms with Crippen molar-refractivity contribution in [2.45, 2.75) is 25.8 Å². The first-order chi connectivity index (χ1) is 7.24. The molecule has 0 saturated heterocycles. The van der Waals surface area contributed by atoms with E-state index in [1.54, 1.807) is 11.1 Å². The van der Waals surface area contributed by atoms with Gasteiger partial charge in [0.05, 0.1) is 18.4 Å². The molecule has 2 N–H and O–H groups in total. The lowest BCUT2D eigenvalue weighted by Crippen LogP contribution is -2.35. The third-order valence-corrected chi connectivity index (χ3v) is 2.65. The second kappa shape index (κ2) is 4.02. The van der Waals surface area contributed by atoms with Crippen LogP contribution in [0.1, 0.15) is 28.9 Å². The number of nitrogens with zero attached hydrogens (tertiary/aromatic N) is 2. The molecule has 1 aliphatic carbocycles. The highest BCUT2D eigenvalue weighted by atomic mass is 16.3. The minimum Gasteiger partial charge on any atom is -0.395 e. The van der Waals surface area contributed by atoms with Crippen LogP contribution in [0.3, 0.4) is 0 Å². The van der Waals surface area contributed by atoms with Crippen LogP contribution in [0.5, 0.6) is 0 Å². The Kier molecular flexibility index (Phi) is 2.73. The second-order valence-electron chi connectivity index (χ2n) is 3.86. The minimum absolute atomic E-state index is 0.0130. The molecule has 1 fully saturated rings. The summed E-state index contributed by atoms with van der Waals surface area (Å²) in [5.41, 5.74) is 1.39. The van der Waals surface area contributed by atoms with Crippen molar-refractivity contribution >= 4 is 5.91 Å². The van der Waals surface area contributed by atoms with E-state index in [9.17, 15) is 4.79 Å². The van der Waals surface area contributed by atoms with Crippen LogP contribution in [-0.2, 0) is 0 Å². The number of hydrogen-bond acceptors (Lipinski definition) is 3. The highest BCUT2D eigenvalue weighted by Gasteiger charge is 2.33. The maximum atomic E-state index is 12.1. The molecule has 2 rings (SSSR count). The molecular formula is C10H15N3O2. The summed E-state index contributed by atoms with van der Waals surface area (Å²) >= 11 is 0. The molecule has 0 atom stereocenters. The molecule has 15 heavy (non-hydrogen) atoms. The highest BCUT2D eigenvalue weighted by molar-refractivity contribution is 5.95. The molecule has 82 valence electrons. The molecule has 5 nitrogen and oxygen atoms in total. The topological polar surface area (TPSA) is 69.2 Å². The van der Waals surface area contributed by atoms with Crippen molar-refractivity contribution in [3.05, 3.63) is 17.5 Å². The molecule has 0 aliphatic heterocycles. The van der Waals surface area contributed by atoms with Gasteiger partial charge in [-0.1, -0.05) is 0 Å². The Morgan fingerprint density at radius 3 is 2.93 bits per heavy atom. The van der Waals surface area contributed by atoms with Gasteiger partial charge in [-0.2, -0.15) is 5.10 Å². The van der Waals surface area contributed by atoms with Gasteiger partial charge in [-0.3, -0.25) is 9.89 Å². The van der Waals surface area contributed by atoms with E-state index >= 15 is 0 Å². The van der Waals surface area contributed by atoms with Crippen molar-refractivity contribution < 1.29 is 9.90 Å². The summed E-state index contributed by atoms with van der Waals surface area (Å²) in [6.07, 6.45) is 3.63. The zero-order valence-corrected chi connectivity index (χ0v) is 8.73. The van der Waals surface area contributed by atoms with Gasteiger partial charge >= 0.3 is 0 Å². The molecule has 0 radical (unpaired) electrons. The summed E-state index contributed by atoms with van der Waals surface area (Å²) in [7, 11) is 0. The number of carbonyl (C=O) groups excluding carboxylic acids is 1. The van der Waals surface area contributed by atoms with Gasteiger partial charge in [0, 0.05) is 18.3 Å². The number of nitrogens with one attached hydrogen (secondary N) is 1. The van der Waals surface area contributed by atoms with E-state index in [2.05, 4.69) is 10.2 Å². The average molecular weight is 209 g/mol. The first-order valence-electron chi connectivity index (χ1n) is 5.16. The predicted octanol–water partition coefficient (Wildman–Crippen LogP) is 0.315. The van der Waals surface area contributed by atoms with Crippen LogP contribution in [0.4, 0.5) is 0 Å². The van der Waals surface area contributed by atoms with Gasteiger partial charge in [0.1, 0.15) is 0 Å². The fraction of sp³-hybridized carbons (Fsp3) is 0.600. The molecule has 5 heteroatoms. The third-order valence-electron chi connectivity index (χ3n) is 2.65. The van der Waals surface area contributed by atoms with Gasteiger partial charge in [0.2, 0.25) is 0 Å². The lowest BCUT2D eigenvalue weighted by molar-refractivity contribution is 0.0707. The van der Waals surface area contributed by atoms with E-state index in [-0.39, 0.29) is 12.5 Å². The Labute approximate surface area is 88.1 Å². The van der Waals surface area contributed by atoms with E-state index < -0.39 is 0 Å². The van der Waals surface area contributed by atoms with Crippen LogP contribution in [0.2, 0.25) is 0 Å². The van der Waals surface area contributed by atoms with Crippen molar-refractivity contribution in [1.82, 2.24) is 15.1 Å². The van der Waals surface area contributed by atoms with Gasteiger partial charge in [-0.05, 0) is 19.8 Å². The normalized spacial score (nSPS) is 15.3. The number of hydrogen-bond donors (Lipinski definition) is 2. The SMILES string of the molecule is Cc1[nH]ncc1C(=O)N(CCO)C1CC1. The lowest BCUT2D eigenvalue weighted by atomic mass is 10.2. The van der Waals surface area contributed by atoms with Crippen LogP contribution in [-0.4, -0.2) is 45.3 Å². The number of aromatic amines is 1. The van der Waals surface area contributed by atoms with Gasteiger partial charge < -0.3 is 10.0 Å². The number of rotatable bonds is 4. The minimum atomic E-state index is -0.0298. The number of amides is 1.